The van der Waals surface area contributed by atoms with Crippen molar-refractivity contribution in [2.24, 2.45) is 5.92 Å². The number of hydrogen-bond donors (Lipinski definition) is 11. The van der Waals surface area contributed by atoms with E-state index in [0.717, 1.165) is 47.9 Å². The molecule has 0 unspecified atom stereocenters. The number of fused-ring (bicyclic) bond motifs is 1. The number of aromatic hydroxyl groups is 1. The minimum Gasteiger partial charge on any atom is -0.508 e. The summed E-state index contributed by atoms with van der Waals surface area (Å²) in [6.45, 7) is 5.07. The zero-order chi connectivity index (χ0) is 44.5. The highest BCUT2D eigenvalue weighted by atomic mass is 16.4. The van der Waals surface area contributed by atoms with Gasteiger partial charge in [-0.05, 0) is 124 Å². The Bertz CT molecular complexity index is 1800. The number of aliphatic hydroxyl groups is 7. The summed E-state index contributed by atoms with van der Waals surface area (Å²) in [6, 6.07) is 10.9. The van der Waals surface area contributed by atoms with Crippen LogP contribution in [0.3, 0.4) is 0 Å². The average Bonchev–Trinajstić information content (AvgIpc) is 3.40. The minimum absolute atomic E-state index is 0.0135. The number of unbranched alkanes of at least 4 members (excludes halogenated alkanes) is 1. The fourth-order valence-electron chi connectivity index (χ4n) is 8.99. The summed E-state index contributed by atoms with van der Waals surface area (Å²) in [5, 5.41) is 105. The number of carbonyl (C=O) groups is 1. The lowest BCUT2D eigenvalue weighted by Crippen LogP contribution is -2.54. The van der Waals surface area contributed by atoms with E-state index in [4.69, 9.17) is 0 Å². The predicted molar refractivity (Wildman–Crippen MR) is 237 cm³/mol. The Morgan fingerprint density at radius 3 is 2.51 bits per heavy atom. The lowest BCUT2D eigenvalue weighted by molar-refractivity contribution is -0.138. The first kappa shape index (κ1) is 50.0. The molecule has 10 atom stereocenters. The number of benzene rings is 2. The number of aliphatic carboxylic acids is 1. The molecule has 0 radical (unpaired) electrons. The van der Waals surface area contributed by atoms with Crippen LogP contribution in [0.4, 0.5) is 0 Å². The van der Waals surface area contributed by atoms with E-state index in [1.165, 1.54) is 0 Å². The van der Waals surface area contributed by atoms with Gasteiger partial charge in [0.1, 0.15) is 5.75 Å². The second-order valence-corrected chi connectivity index (χ2v) is 17.6. The number of allylic oxidation sites excluding steroid dienone is 2. The summed E-state index contributed by atoms with van der Waals surface area (Å²) >= 11 is 0. The number of aryl methyl sites for hydroxylation is 1. The van der Waals surface area contributed by atoms with Gasteiger partial charge in [-0.1, -0.05) is 74.4 Å². The lowest BCUT2D eigenvalue weighted by Gasteiger charge is -2.39. The van der Waals surface area contributed by atoms with E-state index in [9.17, 15) is 50.8 Å². The van der Waals surface area contributed by atoms with E-state index < -0.39 is 60.7 Å². The molecule has 0 bridgehead atoms. The van der Waals surface area contributed by atoms with Crippen LogP contribution in [-0.2, 0) is 24.1 Å². The smallest absolute Gasteiger partial charge is 0.303 e. The van der Waals surface area contributed by atoms with Gasteiger partial charge < -0.3 is 56.6 Å². The number of carboxylic acid groups (broad SMARTS) is 1. The number of aliphatic hydroxyl groups excluding tert-OH is 6. The number of phenolic OH excluding ortho intramolecular Hbond substituents is 1. The van der Waals surface area contributed by atoms with E-state index in [-0.39, 0.29) is 69.3 Å². The molecule has 0 amide bonds. The standard InChI is InChI=1S/C49H72N2O10/c1-4-5-15-43(56)44(57)23-20-35-18-17-34-12-7-6-11-33(34)13-9-16-46(49(3,61)30-38-19-21-39(54)27-36(38)25-26-52)51-42(41(35)29-40(55)31-53)22-24-45(58)48-37(28-47(59)60)14-8-10-32(2)50-48/h6-7,11-12,19-21,23,27,32,37,40,42-46,48,50-58,61H,4-5,8,10,14-18,22,24-26,28-31H2,1-3H3,(H,59,60)/t32-,37+,40-,42-,43-,44+,45-,46+,48-,49-/m0/s1. The molecule has 1 fully saturated rings. The fraction of sp³-hybridized carbons (Fsp3) is 0.612. The van der Waals surface area contributed by atoms with Gasteiger partial charge in [-0.3, -0.25) is 4.79 Å². The van der Waals surface area contributed by atoms with Crippen molar-refractivity contribution in [3.8, 4) is 17.6 Å². The molecule has 0 aliphatic carbocycles. The zero-order valence-corrected chi connectivity index (χ0v) is 36.3. The molecule has 2 heterocycles. The number of carboxylic acids is 1. The van der Waals surface area contributed by atoms with Crippen LogP contribution < -0.4 is 10.6 Å². The van der Waals surface area contributed by atoms with Crippen LogP contribution in [0.5, 0.6) is 5.75 Å². The van der Waals surface area contributed by atoms with E-state index in [0.29, 0.717) is 36.8 Å². The van der Waals surface area contributed by atoms with Crippen LogP contribution in [0.2, 0.25) is 0 Å². The maximum atomic E-state index is 12.6. The third-order valence-corrected chi connectivity index (χ3v) is 12.5. The van der Waals surface area contributed by atoms with Crippen molar-refractivity contribution in [2.45, 2.75) is 171 Å². The normalized spacial score (nSPS) is 24.5. The Morgan fingerprint density at radius 2 is 1.79 bits per heavy atom. The highest BCUT2D eigenvalue weighted by Gasteiger charge is 2.37. The summed E-state index contributed by atoms with van der Waals surface area (Å²) < 4.78 is 0. The Hall–Kier alpha value is -3.61. The molecular weight excluding hydrogens is 777 g/mol. The van der Waals surface area contributed by atoms with Gasteiger partial charge in [0, 0.05) is 55.6 Å². The van der Waals surface area contributed by atoms with Crippen LogP contribution in [0.25, 0.3) is 0 Å². The quantitative estimate of drug-likeness (QED) is 0.0845. The van der Waals surface area contributed by atoms with E-state index in [1.54, 1.807) is 37.3 Å². The first-order valence-corrected chi connectivity index (χ1v) is 22.3. The second-order valence-electron chi connectivity index (χ2n) is 17.6. The van der Waals surface area contributed by atoms with E-state index in [1.807, 2.05) is 38.1 Å². The summed E-state index contributed by atoms with van der Waals surface area (Å²) in [5.41, 5.74) is 3.18. The molecule has 0 aromatic heterocycles. The van der Waals surface area contributed by atoms with Gasteiger partial charge in [0.2, 0.25) is 0 Å². The monoisotopic (exact) mass is 849 g/mol. The second kappa shape index (κ2) is 24.9. The molecule has 1 saturated heterocycles. The summed E-state index contributed by atoms with van der Waals surface area (Å²) in [5.74, 6) is 5.48. The van der Waals surface area contributed by atoms with Crippen LogP contribution in [0.15, 0.2) is 65.8 Å². The van der Waals surface area contributed by atoms with Gasteiger partial charge in [-0.15, -0.1) is 0 Å². The summed E-state index contributed by atoms with van der Waals surface area (Å²) in [4.78, 5) is 12.0. The van der Waals surface area contributed by atoms with E-state index >= 15 is 0 Å². The van der Waals surface area contributed by atoms with Crippen molar-refractivity contribution in [1.82, 2.24) is 10.6 Å². The molecule has 338 valence electrons. The molecule has 2 aliphatic heterocycles. The maximum absolute atomic E-state index is 12.6. The molecule has 12 heteroatoms. The van der Waals surface area contributed by atoms with Crippen molar-refractivity contribution in [1.29, 1.82) is 0 Å². The summed E-state index contributed by atoms with van der Waals surface area (Å²) in [7, 11) is 0. The van der Waals surface area contributed by atoms with Crippen molar-refractivity contribution in [2.75, 3.05) is 13.2 Å². The molecule has 12 nitrogen and oxygen atoms in total. The Kier molecular flexibility index (Phi) is 20.4. The van der Waals surface area contributed by atoms with Crippen molar-refractivity contribution >= 4 is 5.97 Å². The molecule has 0 saturated carbocycles. The third-order valence-electron chi connectivity index (χ3n) is 12.5. The summed E-state index contributed by atoms with van der Waals surface area (Å²) in [6.07, 6.45) is 5.42. The van der Waals surface area contributed by atoms with Crippen LogP contribution >= 0.6 is 0 Å². The Balaban J connectivity index is 1.89. The Labute approximate surface area is 362 Å². The highest BCUT2D eigenvalue weighted by molar-refractivity contribution is 5.67. The first-order chi connectivity index (χ1) is 29.1. The molecule has 2 aromatic carbocycles. The maximum Gasteiger partial charge on any atom is 0.303 e. The lowest BCUT2D eigenvalue weighted by atomic mass is 9.81. The first-order valence-electron chi connectivity index (χ1n) is 22.3. The fourth-order valence-corrected chi connectivity index (χ4v) is 8.99. The minimum atomic E-state index is -1.49. The molecule has 2 aromatic rings. The van der Waals surface area contributed by atoms with Crippen LogP contribution in [-0.4, -0.2) is 119 Å². The van der Waals surface area contributed by atoms with E-state index in [2.05, 4.69) is 22.5 Å². The topological polar surface area (TPSA) is 223 Å². The van der Waals surface area contributed by atoms with Crippen LogP contribution in [0.1, 0.15) is 120 Å². The van der Waals surface area contributed by atoms with Gasteiger partial charge in [0.05, 0.1) is 36.6 Å². The third kappa shape index (κ3) is 15.6. The van der Waals surface area contributed by atoms with Crippen molar-refractivity contribution < 1.29 is 50.8 Å². The zero-order valence-electron chi connectivity index (χ0n) is 36.3. The molecule has 2 aliphatic rings. The molecular formula is C49H72N2O10. The van der Waals surface area contributed by atoms with Crippen LogP contribution in [0, 0.1) is 17.8 Å². The number of phenols is 1. The van der Waals surface area contributed by atoms with Crippen molar-refractivity contribution in [3.63, 3.8) is 0 Å². The average molecular weight is 849 g/mol. The molecule has 11 N–H and O–H groups in total. The van der Waals surface area contributed by atoms with Gasteiger partial charge in [0.15, 0.2) is 0 Å². The predicted octanol–water partition coefficient (Wildman–Crippen LogP) is 4.21. The largest absolute Gasteiger partial charge is 0.508 e. The number of rotatable bonds is 20. The molecule has 4 rings (SSSR count). The molecule has 61 heavy (non-hydrogen) atoms. The SMILES string of the molecule is CCCC[C@H](O)[C@H](O)C=CC1=C(C[C@H](O)CO)[C@H](CC[C@H](O)[C@H]2N[C@@H](C)CCC[C@@H]2CC(=O)O)N[C@@H]([C@@](C)(O)Cc2ccc(O)cc2CCO)CC#Cc2ccccc2CC1. The number of nitrogens with one attached hydrogen (secondary N) is 2. The Morgan fingerprint density at radius 1 is 1.02 bits per heavy atom. The van der Waals surface area contributed by atoms with Gasteiger partial charge >= 0.3 is 5.97 Å². The number of hydrogen-bond acceptors (Lipinski definition) is 11. The molecule has 0 spiro atoms. The highest BCUT2D eigenvalue weighted by Crippen LogP contribution is 2.32. The van der Waals surface area contributed by atoms with Gasteiger partial charge in [-0.2, -0.15) is 0 Å². The van der Waals surface area contributed by atoms with Gasteiger partial charge in [0.25, 0.3) is 0 Å². The van der Waals surface area contributed by atoms with Gasteiger partial charge in [-0.25, -0.2) is 0 Å². The van der Waals surface area contributed by atoms with Crippen molar-refractivity contribution in [3.05, 3.63) is 88.0 Å².